The lowest BCUT2D eigenvalue weighted by Crippen LogP contribution is -2.42. The summed E-state index contributed by atoms with van der Waals surface area (Å²) in [5, 5.41) is 0. The number of rotatable bonds is 8. The normalized spacial score (nSPS) is 15.3. The van der Waals surface area contributed by atoms with Crippen molar-refractivity contribution in [2.45, 2.75) is 17.7 Å². The second kappa shape index (κ2) is 10.1. The van der Waals surface area contributed by atoms with Crippen LogP contribution in [0.1, 0.15) is 23.2 Å². The van der Waals surface area contributed by atoms with Gasteiger partial charge in [-0.3, -0.25) is 14.1 Å². The fraction of sp³-hybridized carbons (Fsp3) is 0.280. The molecule has 7 nitrogen and oxygen atoms in total. The third kappa shape index (κ3) is 5.40. The first-order chi connectivity index (χ1) is 15.9. The molecule has 4 rings (SSSR count). The predicted octanol–water partition coefficient (Wildman–Crippen LogP) is 3.45. The molecule has 0 bridgehead atoms. The Balaban J connectivity index is 1.43. The minimum absolute atomic E-state index is 0.0107. The molecule has 0 atom stereocenters. The highest BCUT2D eigenvalue weighted by atomic mass is 32.2. The van der Waals surface area contributed by atoms with E-state index in [1.807, 2.05) is 30.3 Å². The van der Waals surface area contributed by atoms with Crippen LogP contribution >= 0.6 is 0 Å². The zero-order valence-corrected chi connectivity index (χ0v) is 19.2. The highest BCUT2D eigenvalue weighted by Gasteiger charge is 2.28. The minimum atomic E-state index is -3.77. The first-order valence-electron chi connectivity index (χ1n) is 11.0. The van der Waals surface area contributed by atoms with E-state index in [9.17, 15) is 13.2 Å². The van der Waals surface area contributed by atoms with E-state index < -0.39 is 10.0 Å². The quantitative estimate of drug-likeness (QED) is 0.405. The standard InChI is InChI=1S/C25H28N4O3S/c26-22-8-10-24(11-9-22)33(31,32)29(23-7-4-14-27-19-23)18-17-28-15-12-21(13-16-28)25(30)20-5-2-1-3-6-20/h1-11,14,19,21H,12-13,15-18,26H2. The number of likely N-dealkylation sites (tertiary alicyclic amines) is 1. The van der Waals surface area contributed by atoms with Crippen molar-refractivity contribution in [1.29, 1.82) is 0 Å². The van der Waals surface area contributed by atoms with Gasteiger partial charge in [-0.25, -0.2) is 8.42 Å². The van der Waals surface area contributed by atoms with Gasteiger partial charge in [-0.1, -0.05) is 30.3 Å². The Kier molecular flexibility index (Phi) is 7.05. The second-order valence-electron chi connectivity index (χ2n) is 8.20. The number of benzene rings is 2. The monoisotopic (exact) mass is 464 g/mol. The number of nitrogens with zero attached hydrogens (tertiary/aromatic N) is 3. The summed E-state index contributed by atoms with van der Waals surface area (Å²) in [6.07, 6.45) is 4.71. The molecule has 2 N–H and O–H groups in total. The van der Waals surface area contributed by atoms with Crippen molar-refractivity contribution in [2.75, 3.05) is 36.2 Å². The molecule has 1 fully saturated rings. The summed E-state index contributed by atoms with van der Waals surface area (Å²) in [7, 11) is -3.77. The van der Waals surface area contributed by atoms with Gasteiger partial charge in [0.25, 0.3) is 10.0 Å². The van der Waals surface area contributed by atoms with E-state index >= 15 is 0 Å². The number of piperidine rings is 1. The number of hydrogen-bond acceptors (Lipinski definition) is 6. The number of carbonyl (C=O) groups is 1. The van der Waals surface area contributed by atoms with Crippen LogP contribution in [0.4, 0.5) is 11.4 Å². The van der Waals surface area contributed by atoms with Gasteiger partial charge < -0.3 is 10.6 Å². The molecule has 0 unspecified atom stereocenters. The van der Waals surface area contributed by atoms with Crippen molar-refractivity contribution in [3.8, 4) is 0 Å². The minimum Gasteiger partial charge on any atom is -0.399 e. The highest BCUT2D eigenvalue weighted by molar-refractivity contribution is 7.92. The Hall–Kier alpha value is -3.23. The molecule has 0 aliphatic carbocycles. The molecule has 2 aromatic carbocycles. The lowest BCUT2D eigenvalue weighted by atomic mass is 9.89. The van der Waals surface area contributed by atoms with Gasteiger partial charge in [-0.15, -0.1) is 0 Å². The maximum atomic E-state index is 13.4. The van der Waals surface area contributed by atoms with Crippen molar-refractivity contribution in [3.05, 3.63) is 84.7 Å². The van der Waals surface area contributed by atoms with E-state index in [1.54, 1.807) is 36.7 Å². The largest absolute Gasteiger partial charge is 0.399 e. The van der Waals surface area contributed by atoms with Gasteiger partial charge >= 0.3 is 0 Å². The van der Waals surface area contributed by atoms with Crippen LogP contribution in [0.2, 0.25) is 0 Å². The van der Waals surface area contributed by atoms with Crippen LogP contribution in [0, 0.1) is 5.92 Å². The van der Waals surface area contributed by atoms with Gasteiger partial charge in [0.1, 0.15) is 0 Å². The van der Waals surface area contributed by atoms with Crippen LogP contribution in [0.3, 0.4) is 0 Å². The first-order valence-corrected chi connectivity index (χ1v) is 12.5. The van der Waals surface area contributed by atoms with E-state index in [-0.39, 0.29) is 23.1 Å². The van der Waals surface area contributed by atoms with Crippen LogP contribution in [-0.4, -0.2) is 50.3 Å². The number of nitrogen functional groups attached to an aromatic ring is 1. The first kappa shape index (κ1) is 22.9. The van der Waals surface area contributed by atoms with E-state index in [4.69, 9.17) is 5.73 Å². The molecule has 2 heterocycles. The topological polar surface area (TPSA) is 96.6 Å². The van der Waals surface area contributed by atoms with Crippen molar-refractivity contribution >= 4 is 27.2 Å². The average Bonchev–Trinajstić information content (AvgIpc) is 2.85. The maximum absolute atomic E-state index is 13.4. The third-order valence-electron chi connectivity index (χ3n) is 6.04. The van der Waals surface area contributed by atoms with Crippen LogP contribution in [0.25, 0.3) is 0 Å². The van der Waals surface area contributed by atoms with Gasteiger partial charge in [0.2, 0.25) is 0 Å². The molecule has 3 aromatic rings. The zero-order chi connectivity index (χ0) is 23.3. The van der Waals surface area contributed by atoms with Gasteiger partial charge in [-0.2, -0.15) is 0 Å². The van der Waals surface area contributed by atoms with Crippen molar-refractivity contribution in [3.63, 3.8) is 0 Å². The third-order valence-corrected chi connectivity index (χ3v) is 7.88. The molecule has 1 aromatic heterocycles. The van der Waals surface area contributed by atoms with Crippen molar-refractivity contribution in [2.24, 2.45) is 5.92 Å². The number of sulfonamides is 1. The molecule has 0 saturated carbocycles. The molecule has 8 heteroatoms. The molecule has 172 valence electrons. The summed E-state index contributed by atoms with van der Waals surface area (Å²) < 4.78 is 28.2. The second-order valence-corrected chi connectivity index (χ2v) is 10.1. The lowest BCUT2D eigenvalue weighted by Gasteiger charge is -2.33. The molecule has 1 saturated heterocycles. The number of pyridine rings is 1. The Bertz CT molecular complexity index is 1160. The predicted molar refractivity (Wildman–Crippen MR) is 130 cm³/mol. The summed E-state index contributed by atoms with van der Waals surface area (Å²) in [5.41, 5.74) is 7.52. The Morgan fingerprint density at radius 1 is 1.00 bits per heavy atom. The summed E-state index contributed by atoms with van der Waals surface area (Å²) >= 11 is 0. The van der Waals surface area contributed by atoms with Crippen LogP contribution in [-0.2, 0) is 10.0 Å². The molecule has 0 spiro atoms. The highest BCUT2D eigenvalue weighted by Crippen LogP contribution is 2.25. The molecule has 1 aliphatic rings. The van der Waals surface area contributed by atoms with Crippen LogP contribution in [0.15, 0.2) is 84.0 Å². The number of ketones is 1. The van der Waals surface area contributed by atoms with Crippen LogP contribution < -0.4 is 10.0 Å². The van der Waals surface area contributed by atoms with Gasteiger partial charge in [0.05, 0.1) is 16.8 Å². The number of hydrogen-bond donors (Lipinski definition) is 1. The lowest BCUT2D eigenvalue weighted by molar-refractivity contribution is 0.0843. The fourth-order valence-electron chi connectivity index (χ4n) is 4.15. The maximum Gasteiger partial charge on any atom is 0.264 e. The van der Waals surface area contributed by atoms with Crippen molar-refractivity contribution in [1.82, 2.24) is 9.88 Å². The Morgan fingerprint density at radius 3 is 2.33 bits per heavy atom. The number of nitrogens with two attached hydrogens (primary N) is 1. The molecular weight excluding hydrogens is 436 g/mol. The molecule has 1 aliphatic heterocycles. The van der Waals surface area contributed by atoms with E-state index in [0.717, 1.165) is 31.5 Å². The van der Waals surface area contributed by atoms with E-state index in [1.165, 1.54) is 16.4 Å². The zero-order valence-electron chi connectivity index (χ0n) is 18.4. The fourth-order valence-corrected chi connectivity index (χ4v) is 5.59. The number of anilines is 2. The summed E-state index contributed by atoms with van der Waals surface area (Å²) in [5.74, 6) is 0.203. The molecule has 33 heavy (non-hydrogen) atoms. The number of carbonyl (C=O) groups excluding carboxylic acids is 1. The SMILES string of the molecule is Nc1ccc(S(=O)(=O)N(CCN2CCC(C(=O)c3ccccc3)CC2)c2cccnc2)cc1. The molecule has 0 amide bonds. The summed E-state index contributed by atoms with van der Waals surface area (Å²) in [6.45, 7) is 2.36. The van der Waals surface area contributed by atoms with Gasteiger partial charge in [-0.05, 0) is 62.3 Å². The molecular formula is C25H28N4O3S. The Labute approximate surface area is 194 Å². The smallest absolute Gasteiger partial charge is 0.264 e. The summed E-state index contributed by atoms with van der Waals surface area (Å²) in [4.78, 5) is 19.3. The van der Waals surface area contributed by atoms with Gasteiger partial charge in [0, 0.05) is 36.5 Å². The number of Topliss-reactive ketones (excluding diaryl/α,β-unsaturated/α-hetero) is 1. The molecule has 0 radical (unpaired) electrons. The van der Waals surface area contributed by atoms with E-state index in [0.29, 0.717) is 17.9 Å². The average molecular weight is 465 g/mol. The van der Waals surface area contributed by atoms with Gasteiger partial charge in [0.15, 0.2) is 5.78 Å². The van der Waals surface area contributed by atoms with E-state index in [2.05, 4.69) is 9.88 Å². The Morgan fingerprint density at radius 2 is 1.70 bits per heavy atom. The number of aromatic nitrogens is 1. The van der Waals surface area contributed by atoms with Crippen molar-refractivity contribution < 1.29 is 13.2 Å². The van der Waals surface area contributed by atoms with Crippen LogP contribution in [0.5, 0.6) is 0 Å². The summed E-state index contributed by atoms with van der Waals surface area (Å²) in [6, 6.07) is 19.1.